The average Bonchev–Trinajstić information content (AvgIpc) is 1.59. The van der Waals surface area contributed by atoms with Crippen LogP contribution in [0.1, 0.15) is 100 Å². The number of rotatable bonds is 35. The number of anilines is 4. The van der Waals surface area contributed by atoms with Crippen molar-refractivity contribution in [3.8, 4) is 0 Å². The summed E-state index contributed by atoms with van der Waals surface area (Å²) in [5.74, 6) is -0.525. The molecule has 54 nitrogen and oxygen atoms in total. The summed E-state index contributed by atoms with van der Waals surface area (Å²) >= 11 is 33.4. The molecule has 6 aliphatic rings. The van der Waals surface area contributed by atoms with Gasteiger partial charge in [-0.2, -0.15) is 9.97 Å². The van der Waals surface area contributed by atoms with Crippen molar-refractivity contribution in [2.45, 2.75) is 176 Å². The van der Waals surface area contributed by atoms with E-state index in [-0.39, 0.29) is 118 Å². The molecule has 0 radical (unpaired) electrons. The van der Waals surface area contributed by atoms with E-state index >= 15 is 0 Å². The third-order valence-electron chi connectivity index (χ3n) is 21.2. The van der Waals surface area contributed by atoms with Crippen molar-refractivity contribution in [1.29, 1.82) is 0 Å². The van der Waals surface area contributed by atoms with Crippen LogP contribution in [0.3, 0.4) is 0 Å². The second kappa shape index (κ2) is 37.6. The smallest absolute Gasteiger partial charge is 0.330 e. The Kier molecular flexibility index (Phi) is 27.8. The Morgan fingerprint density at radius 3 is 0.938 bits per heavy atom. The lowest BCUT2D eigenvalue weighted by Gasteiger charge is -2.28. The quantitative estimate of drug-likeness (QED) is 0.0240. The summed E-state index contributed by atoms with van der Waals surface area (Å²) < 4.78 is 118. The Balaban J connectivity index is 0.623. The molecule has 12 unspecified atom stereocenters. The molecule has 16 rings (SSSR count). The predicted octanol–water partition coefficient (Wildman–Crippen LogP) is 0.455. The highest BCUT2D eigenvalue weighted by Gasteiger charge is 2.51. The highest BCUT2D eigenvalue weighted by molar-refractivity contribution is 8.08. The van der Waals surface area contributed by atoms with Gasteiger partial charge in [-0.05, 0) is 91.1 Å². The zero-order chi connectivity index (χ0) is 91.2. The van der Waals surface area contributed by atoms with Gasteiger partial charge in [-0.15, -0.1) is 0 Å². The molecule has 66 heteroatoms. The first-order valence-electron chi connectivity index (χ1n) is 38.3. The molecule has 128 heavy (non-hydrogen) atoms. The van der Waals surface area contributed by atoms with Crippen LogP contribution in [0.5, 0.6) is 0 Å². The number of imidazole rings is 4. The average molecular weight is 2020 g/mol. The minimum Gasteiger partial charge on any atom is -0.382 e. The molecular weight excluding hydrogens is 1940 g/mol. The Labute approximate surface area is 747 Å². The summed E-state index contributed by atoms with van der Waals surface area (Å²) in [5, 5.41) is 0. The van der Waals surface area contributed by atoms with Crippen molar-refractivity contribution in [3.05, 3.63) is 124 Å². The number of aromatic amines is 4. The fraction of sp³-hybridized carbons (Fsp3) is 0.548. The molecule has 24 atom stereocenters. The summed E-state index contributed by atoms with van der Waals surface area (Å²) in [4.78, 5) is 199. The molecule has 16 heterocycles. The number of nitrogens with zero attached hydrogens (tertiary/aromatic N) is 16. The maximum atomic E-state index is 13.1. The van der Waals surface area contributed by atoms with E-state index in [9.17, 15) is 58.1 Å². The molecule has 0 aliphatic carbocycles. The number of H-pyrrole nitrogens is 4. The topological polar surface area (TPSA) is 716 Å². The normalized spacial score (nSPS) is 29.1. The van der Waals surface area contributed by atoms with E-state index in [1.165, 1.54) is 87.0 Å². The van der Waals surface area contributed by atoms with Gasteiger partial charge in [-0.1, -0.05) is 6.92 Å². The minimum absolute atomic E-state index is 0.0108. The number of aromatic nitrogens is 20. The van der Waals surface area contributed by atoms with Crippen LogP contribution in [0.15, 0.2) is 79.1 Å². The summed E-state index contributed by atoms with van der Waals surface area (Å²) in [6.07, 6.45) is -12.1. The lowest BCUT2D eigenvalue weighted by atomic mass is 10.1. The zero-order valence-electron chi connectivity index (χ0n) is 66.6. The van der Waals surface area contributed by atoms with Crippen LogP contribution in [0.2, 0.25) is 0 Å². The third kappa shape index (κ3) is 21.0. The highest BCUT2D eigenvalue weighted by atomic mass is 32.5. The molecule has 6 saturated heterocycles. The minimum atomic E-state index is -4.67. The maximum absolute atomic E-state index is 13.1. The Hall–Kier alpha value is -6.70. The van der Waals surface area contributed by atoms with Crippen molar-refractivity contribution in [2.24, 2.45) is 0 Å². The predicted molar refractivity (Wildman–Crippen MR) is 463 cm³/mol. The first kappa shape index (κ1) is 94.5. The van der Waals surface area contributed by atoms with Crippen molar-refractivity contribution in [3.63, 3.8) is 0 Å². The van der Waals surface area contributed by atoms with Gasteiger partial charge in [0.05, 0.1) is 101 Å². The molecular formula is C62H80N24O30P6S6. The molecule has 0 saturated carbocycles. The fourth-order valence-corrected chi connectivity index (χ4v) is 23.5. The summed E-state index contributed by atoms with van der Waals surface area (Å²) in [6.45, 7) is -25.3. The van der Waals surface area contributed by atoms with E-state index in [4.69, 9.17) is 176 Å². The van der Waals surface area contributed by atoms with Crippen LogP contribution in [-0.2, 0) is 154 Å². The van der Waals surface area contributed by atoms with Crippen LogP contribution in [0.25, 0.3) is 44.7 Å². The molecule has 0 amide bonds. The van der Waals surface area contributed by atoms with Crippen molar-refractivity contribution < 1.29 is 112 Å². The number of nitrogens with one attached hydrogen (secondary N) is 4. The van der Waals surface area contributed by atoms with Crippen LogP contribution < -0.4 is 56.6 Å². The van der Waals surface area contributed by atoms with E-state index < -0.39 is 218 Å². The van der Waals surface area contributed by atoms with Crippen LogP contribution in [-0.4, -0.2) is 240 Å². The van der Waals surface area contributed by atoms with Crippen LogP contribution in [0, 0.1) is 13.8 Å². The number of fused-ring (bicyclic) bond motifs is 4. The van der Waals surface area contributed by atoms with Gasteiger partial charge >= 0.3 is 51.7 Å². The standard InChI is InChI=1S/C62H80N24O30P6S6/c1-5-27-28(6-39(105-27)81-12-25(2)55(87)79-61(81)91)112-118(94,124)100-17-37-32(10-43(109-37)85-23-73-47-53(85)75-59(65)77-57(47)89)115-122(98,128)104-18-38-33(11-44(110-38)86-24-74-48-54(86)76-60(66)78-58(48)90)116-121(97,127)103-16-36-31(9-42(108-36)84-22-72-46-50(64)68-20-70-52(46)84)114-120(96,126)102-15-35-30(8-41(107-35)83-21-71-45-49(63)67-19-69-51(45)83)113-119(95,125)101-14-34-29(111-117(93,123)99-4)7-40(106-34)82-13-26(3)56(88)80-62(82)92/h12-13,19-24,27-44H,5-11,14-18H2,1-4H3,(H,93,123)(H,94,124)(H,95,125)(H,96,126)(H,97,127)(H,98,128)(H2,63,67,69)(H2,64,68,70)(H,79,87,91)(H,80,88,92)(H3,65,75,77,89)(H3,66,76,78,90)/t27-,28?,29?,30?,31?,32?,33?,34-,35-,36-,37-,38-,39-,40-,41-,42-,43-,44-,117?,118?,119?,120?,121?,122?/m1/s1. The first-order valence-corrected chi connectivity index (χ1v) is 53.8. The molecule has 6 fully saturated rings. The number of hydrogen-bond donors (Lipinski definition) is 14. The number of aryl methyl sites for hydroxylation is 2. The van der Waals surface area contributed by atoms with E-state index in [2.05, 4.69) is 69.8 Å². The molecule has 10 aromatic rings. The maximum Gasteiger partial charge on any atom is 0.330 e. The summed E-state index contributed by atoms with van der Waals surface area (Å²) in [6, 6.07) is 0. The van der Waals surface area contributed by atoms with Crippen molar-refractivity contribution in [2.75, 3.05) is 63.1 Å². The highest BCUT2D eigenvalue weighted by Crippen LogP contribution is 2.58. The molecule has 10 aromatic heterocycles. The van der Waals surface area contributed by atoms with Gasteiger partial charge in [0, 0.05) is 69.2 Å². The number of ether oxygens (including phenoxy) is 6. The molecule has 18 N–H and O–H groups in total. The molecule has 6 aliphatic heterocycles. The molecule has 0 spiro atoms. The van der Waals surface area contributed by atoms with Gasteiger partial charge in [0.25, 0.3) is 22.2 Å². The largest absolute Gasteiger partial charge is 0.382 e. The van der Waals surface area contributed by atoms with Crippen LogP contribution in [0.4, 0.5) is 23.5 Å². The van der Waals surface area contributed by atoms with Crippen LogP contribution >= 0.6 is 40.3 Å². The first-order chi connectivity index (χ1) is 60.5. The fourth-order valence-electron chi connectivity index (χ4n) is 15.1. The van der Waals surface area contributed by atoms with Gasteiger partial charge in [0.1, 0.15) is 91.6 Å². The van der Waals surface area contributed by atoms with E-state index in [1.54, 1.807) is 6.92 Å². The van der Waals surface area contributed by atoms with Gasteiger partial charge in [0.15, 0.2) is 45.3 Å². The van der Waals surface area contributed by atoms with E-state index in [1.807, 2.05) is 0 Å². The van der Waals surface area contributed by atoms with E-state index in [0.29, 0.717) is 6.42 Å². The monoisotopic (exact) mass is 2020 g/mol. The molecule has 694 valence electrons. The van der Waals surface area contributed by atoms with Gasteiger partial charge in [0.2, 0.25) is 11.9 Å². The zero-order valence-corrected chi connectivity index (χ0v) is 76.8. The van der Waals surface area contributed by atoms with Crippen molar-refractivity contribution >= 4 is 179 Å². The number of nitrogen functional groups attached to an aromatic ring is 4. The number of hydrogen-bond acceptors (Lipinski definition) is 44. The van der Waals surface area contributed by atoms with Gasteiger partial charge < -0.3 is 135 Å². The Bertz CT molecular complexity index is 6610. The lowest BCUT2D eigenvalue weighted by molar-refractivity contribution is -0.0558. The second-order valence-corrected chi connectivity index (χ2v) is 46.5. The number of nitrogens with two attached hydrogens (primary N) is 4. The van der Waals surface area contributed by atoms with Gasteiger partial charge in [-0.3, -0.25) is 66.5 Å². The summed E-state index contributed by atoms with van der Waals surface area (Å²) in [5.41, 5.74) is 20.9. The van der Waals surface area contributed by atoms with Crippen molar-refractivity contribution in [1.82, 2.24) is 97.2 Å². The van der Waals surface area contributed by atoms with Gasteiger partial charge in [-0.25, -0.2) is 49.5 Å². The Morgan fingerprint density at radius 1 is 0.375 bits per heavy atom. The molecule has 0 bridgehead atoms. The SMILES string of the molecule is CC[C@H]1O[C@@H](n2cc(C)c(=O)[nH]c2=O)CC1OP(O)(=S)OC[C@H]1O[C@@H](n2cnc3c(=O)[nH]c(N)nc32)CC1OP(O)(=S)OC[C@H]1O[C@@H](n2cnc3c(=O)[nH]c(N)nc32)CC1OP(O)(=S)OC[C@H]1O[C@@H](n2cnc3c(N)ncnc32)CC1OP(O)(=S)OC[C@H]1O[C@@H](n2cnc3c(N)ncnc32)CC1OP(O)(=S)OC[C@H]1O[C@@H](n2cc(C)c(=O)[nH]c2=O)CC1OP(O)(=S)OC. The Morgan fingerprint density at radius 2 is 0.641 bits per heavy atom. The third-order valence-corrected chi connectivity index (χ3v) is 30.8. The summed E-state index contributed by atoms with van der Waals surface area (Å²) in [7, 11) is 1.12. The lowest BCUT2D eigenvalue weighted by Crippen LogP contribution is -2.33. The van der Waals surface area contributed by atoms with E-state index in [0.717, 1.165) is 11.7 Å². The second-order valence-electron chi connectivity index (χ2n) is 29.6. The molecule has 0 aromatic carbocycles.